The van der Waals surface area contributed by atoms with Gasteiger partial charge in [-0.2, -0.15) is 5.10 Å². The third kappa shape index (κ3) is 2.94. The van der Waals surface area contributed by atoms with Crippen LogP contribution in [0.1, 0.15) is 17.0 Å². The zero-order chi connectivity index (χ0) is 15.5. The summed E-state index contributed by atoms with van der Waals surface area (Å²) in [5.74, 6) is 1.61. The number of hydrogen-bond acceptors (Lipinski definition) is 3. The predicted octanol–water partition coefficient (Wildman–Crippen LogP) is 4.13. The third-order valence-corrected chi connectivity index (χ3v) is 3.72. The minimum absolute atomic E-state index is 0.353. The van der Waals surface area contributed by atoms with Gasteiger partial charge in [0.15, 0.2) is 10.6 Å². The van der Waals surface area contributed by atoms with E-state index < -0.39 is 0 Å². The number of nitrogens with zero attached hydrogens (tertiary/aromatic N) is 2. The second-order valence-electron chi connectivity index (χ2n) is 5.17. The van der Waals surface area contributed by atoms with E-state index in [-0.39, 0.29) is 0 Å². The van der Waals surface area contributed by atoms with Crippen molar-refractivity contribution in [1.29, 1.82) is 0 Å². The van der Waals surface area contributed by atoms with Gasteiger partial charge in [0.25, 0.3) is 0 Å². The Morgan fingerprint density at radius 2 is 1.91 bits per heavy atom. The lowest BCUT2D eigenvalue weighted by Crippen LogP contribution is -2.06. The molecule has 1 aromatic heterocycles. The first-order chi connectivity index (χ1) is 10.6. The summed E-state index contributed by atoms with van der Waals surface area (Å²) < 4.78 is 8.35. The van der Waals surface area contributed by atoms with Crippen LogP contribution in [0, 0.1) is 18.6 Å². The number of aromatic amines is 1. The first-order valence-corrected chi connectivity index (χ1v) is 7.48. The number of hydrogen-bond donors (Lipinski definition) is 1. The summed E-state index contributed by atoms with van der Waals surface area (Å²) in [5, 5.41) is 7.11. The maximum Gasteiger partial charge on any atom is 0.199 e. The Hall–Kier alpha value is -2.40. The lowest BCUT2D eigenvalue weighted by atomic mass is 10.1. The Bertz CT molecular complexity index is 837. The summed E-state index contributed by atoms with van der Waals surface area (Å²) in [6.45, 7) is 4.46. The van der Waals surface area contributed by atoms with Gasteiger partial charge in [0, 0.05) is 5.69 Å². The monoisotopic (exact) mass is 311 g/mol. The van der Waals surface area contributed by atoms with E-state index >= 15 is 0 Å². The second kappa shape index (κ2) is 6.15. The van der Waals surface area contributed by atoms with Crippen molar-refractivity contribution in [2.45, 2.75) is 20.5 Å². The molecule has 0 atom stereocenters. The fraction of sp³-hybridized carbons (Fsp3) is 0.176. The highest BCUT2D eigenvalue weighted by molar-refractivity contribution is 7.71. The zero-order valence-corrected chi connectivity index (χ0v) is 13.4. The lowest BCUT2D eigenvalue weighted by Gasteiger charge is -2.10. The average Bonchev–Trinajstić information content (AvgIpc) is 2.88. The standard InChI is InChI=1S/C17H17N3OS/c1-12-8-9-15(13(2)10-12)21-11-16-18-19-17(22)20(16)14-6-4-3-5-7-14/h3-10H,11H2,1-2H3,(H,19,22). The van der Waals surface area contributed by atoms with Gasteiger partial charge in [-0.15, -0.1) is 0 Å². The number of aryl methyl sites for hydroxylation is 2. The molecule has 0 amide bonds. The highest BCUT2D eigenvalue weighted by Gasteiger charge is 2.09. The number of ether oxygens (including phenoxy) is 1. The Morgan fingerprint density at radius 1 is 1.14 bits per heavy atom. The molecule has 0 spiro atoms. The van der Waals surface area contributed by atoms with Gasteiger partial charge < -0.3 is 4.74 Å². The Balaban J connectivity index is 1.86. The van der Waals surface area contributed by atoms with E-state index in [9.17, 15) is 0 Å². The molecule has 0 aliphatic carbocycles. The fourth-order valence-electron chi connectivity index (χ4n) is 2.37. The first-order valence-electron chi connectivity index (χ1n) is 7.07. The highest BCUT2D eigenvalue weighted by atomic mass is 32.1. The van der Waals surface area contributed by atoms with Gasteiger partial charge in [-0.05, 0) is 49.8 Å². The zero-order valence-electron chi connectivity index (χ0n) is 12.5. The molecule has 0 aliphatic rings. The van der Waals surface area contributed by atoms with Crippen molar-refractivity contribution in [3.05, 3.63) is 70.3 Å². The van der Waals surface area contributed by atoms with Crippen molar-refractivity contribution in [2.24, 2.45) is 0 Å². The molecular formula is C17H17N3OS. The van der Waals surface area contributed by atoms with Crippen LogP contribution in [0.15, 0.2) is 48.5 Å². The Morgan fingerprint density at radius 3 is 2.64 bits per heavy atom. The van der Waals surface area contributed by atoms with Crippen LogP contribution in [-0.2, 0) is 6.61 Å². The summed E-state index contributed by atoms with van der Waals surface area (Å²) in [6.07, 6.45) is 0. The third-order valence-electron chi connectivity index (χ3n) is 3.44. The van der Waals surface area contributed by atoms with Crippen molar-refractivity contribution in [3.8, 4) is 11.4 Å². The van der Waals surface area contributed by atoms with Crippen molar-refractivity contribution >= 4 is 12.2 Å². The lowest BCUT2D eigenvalue weighted by molar-refractivity contribution is 0.291. The highest BCUT2D eigenvalue weighted by Crippen LogP contribution is 2.20. The quantitative estimate of drug-likeness (QED) is 0.737. The van der Waals surface area contributed by atoms with E-state index in [0.717, 1.165) is 22.8 Å². The van der Waals surface area contributed by atoms with Crippen LogP contribution in [0.2, 0.25) is 0 Å². The number of nitrogens with one attached hydrogen (secondary N) is 1. The maximum absolute atomic E-state index is 5.90. The largest absolute Gasteiger partial charge is 0.485 e. The number of H-pyrrole nitrogens is 1. The van der Waals surface area contributed by atoms with Crippen LogP contribution in [0.4, 0.5) is 0 Å². The topological polar surface area (TPSA) is 42.8 Å². The van der Waals surface area contributed by atoms with E-state index in [1.54, 1.807) is 0 Å². The van der Waals surface area contributed by atoms with Crippen molar-refractivity contribution in [2.75, 3.05) is 0 Å². The Labute approximate surface area is 134 Å². The number of para-hydroxylation sites is 1. The number of benzene rings is 2. The van der Waals surface area contributed by atoms with Gasteiger partial charge in [-0.3, -0.25) is 9.67 Å². The van der Waals surface area contributed by atoms with Crippen LogP contribution in [0.25, 0.3) is 5.69 Å². The van der Waals surface area contributed by atoms with Crippen LogP contribution in [0.5, 0.6) is 5.75 Å². The van der Waals surface area contributed by atoms with Gasteiger partial charge in [0.1, 0.15) is 12.4 Å². The van der Waals surface area contributed by atoms with Crippen molar-refractivity contribution in [3.63, 3.8) is 0 Å². The van der Waals surface area contributed by atoms with Crippen molar-refractivity contribution in [1.82, 2.24) is 14.8 Å². The molecule has 3 aromatic rings. The van der Waals surface area contributed by atoms with Crippen LogP contribution < -0.4 is 4.74 Å². The molecule has 1 heterocycles. The molecule has 5 heteroatoms. The molecule has 2 aromatic carbocycles. The van der Waals surface area contributed by atoms with E-state index in [1.807, 2.05) is 54.0 Å². The summed E-state index contributed by atoms with van der Waals surface area (Å²) in [5.41, 5.74) is 3.30. The van der Waals surface area contributed by atoms with Gasteiger partial charge in [0.2, 0.25) is 0 Å². The molecule has 0 saturated heterocycles. The molecule has 112 valence electrons. The van der Waals surface area contributed by atoms with E-state index in [0.29, 0.717) is 11.4 Å². The molecule has 3 rings (SSSR count). The molecular weight excluding hydrogens is 294 g/mol. The fourth-order valence-corrected chi connectivity index (χ4v) is 2.63. The SMILES string of the molecule is Cc1ccc(OCc2n[nH]c(=S)n2-c2ccccc2)c(C)c1. The number of aromatic nitrogens is 3. The van der Waals surface area contributed by atoms with Gasteiger partial charge in [-0.1, -0.05) is 35.9 Å². The molecule has 1 N–H and O–H groups in total. The molecule has 0 saturated carbocycles. The minimum Gasteiger partial charge on any atom is -0.485 e. The normalized spacial score (nSPS) is 10.6. The Kier molecular flexibility index (Phi) is 4.06. The minimum atomic E-state index is 0.353. The summed E-state index contributed by atoms with van der Waals surface area (Å²) >= 11 is 5.32. The van der Waals surface area contributed by atoms with Gasteiger partial charge >= 0.3 is 0 Å². The molecule has 22 heavy (non-hydrogen) atoms. The molecule has 0 bridgehead atoms. The van der Waals surface area contributed by atoms with Gasteiger partial charge in [0.05, 0.1) is 0 Å². The molecule has 0 unspecified atom stereocenters. The van der Waals surface area contributed by atoms with Gasteiger partial charge in [-0.25, -0.2) is 0 Å². The van der Waals surface area contributed by atoms with Crippen LogP contribution >= 0.6 is 12.2 Å². The summed E-state index contributed by atoms with van der Waals surface area (Å²) in [7, 11) is 0. The smallest absolute Gasteiger partial charge is 0.199 e. The van der Waals surface area contributed by atoms with E-state index in [4.69, 9.17) is 17.0 Å². The van der Waals surface area contributed by atoms with Crippen LogP contribution in [-0.4, -0.2) is 14.8 Å². The second-order valence-corrected chi connectivity index (χ2v) is 5.56. The number of rotatable bonds is 4. The van der Waals surface area contributed by atoms with Crippen molar-refractivity contribution < 1.29 is 4.74 Å². The summed E-state index contributed by atoms with van der Waals surface area (Å²) in [4.78, 5) is 0. The molecule has 0 radical (unpaired) electrons. The predicted molar refractivity (Wildman–Crippen MR) is 89.0 cm³/mol. The average molecular weight is 311 g/mol. The molecule has 0 fully saturated rings. The maximum atomic E-state index is 5.90. The first kappa shape index (κ1) is 14.5. The molecule has 0 aliphatic heterocycles. The van der Waals surface area contributed by atoms with Crippen LogP contribution in [0.3, 0.4) is 0 Å². The summed E-state index contributed by atoms with van der Waals surface area (Å²) in [6, 6.07) is 16.0. The van der Waals surface area contributed by atoms with E-state index in [1.165, 1.54) is 5.56 Å². The van der Waals surface area contributed by atoms with E-state index in [2.05, 4.69) is 23.2 Å². The molecule has 4 nitrogen and oxygen atoms in total.